The SMILES string of the molecule is CCCCc1nc2c(N)nc3cc(F)ccc3c2n1CC(C)(C)O. The number of aromatic nitrogens is 3. The van der Waals surface area contributed by atoms with Gasteiger partial charge in [0.15, 0.2) is 5.82 Å². The smallest absolute Gasteiger partial charge is 0.152 e. The first-order valence-corrected chi connectivity index (χ1v) is 8.26. The minimum absolute atomic E-state index is 0.287. The summed E-state index contributed by atoms with van der Waals surface area (Å²) >= 11 is 0. The molecule has 3 rings (SSSR count). The van der Waals surface area contributed by atoms with E-state index >= 15 is 0 Å². The molecule has 0 radical (unpaired) electrons. The van der Waals surface area contributed by atoms with Crippen molar-refractivity contribution in [3.63, 3.8) is 0 Å². The molecule has 3 N–H and O–H groups in total. The molecule has 0 saturated carbocycles. The molecule has 3 aromatic rings. The van der Waals surface area contributed by atoms with Gasteiger partial charge in [0.2, 0.25) is 0 Å². The van der Waals surface area contributed by atoms with Gasteiger partial charge in [-0.3, -0.25) is 0 Å². The second-order valence-corrected chi connectivity index (χ2v) is 6.89. The highest BCUT2D eigenvalue weighted by molar-refractivity contribution is 6.06. The van der Waals surface area contributed by atoms with Gasteiger partial charge in [-0.2, -0.15) is 0 Å². The predicted octanol–water partition coefficient (Wildman–Crippen LogP) is 3.42. The number of benzene rings is 1. The summed E-state index contributed by atoms with van der Waals surface area (Å²) < 4.78 is 15.6. The van der Waals surface area contributed by atoms with Crippen LogP contribution in [0.15, 0.2) is 18.2 Å². The molecule has 0 aliphatic carbocycles. The number of nitrogen functional groups attached to an aromatic ring is 1. The summed E-state index contributed by atoms with van der Waals surface area (Å²) in [4.78, 5) is 8.97. The average Bonchev–Trinajstić information content (AvgIpc) is 2.82. The van der Waals surface area contributed by atoms with E-state index in [4.69, 9.17) is 5.73 Å². The third-order valence-electron chi connectivity index (χ3n) is 4.04. The van der Waals surface area contributed by atoms with Crippen LogP contribution >= 0.6 is 0 Å². The van der Waals surface area contributed by atoms with Crippen LogP contribution in [0.5, 0.6) is 0 Å². The maximum Gasteiger partial charge on any atom is 0.152 e. The van der Waals surface area contributed by atoms with Crippen molar-refractivity contribution in [1.29, 1.82) is 0 Å². The average molecular weight is 330 g/mol. The monoisotopic (exact) mass is 330 g/mol. The van der Waals surface area contributed by atoms with Gasteiger partial charge < -0.3 is 15.4 Å². The normalized spacial score (nSPS) is 12.4. The van der Waals surface area contributed by atoms with Crippen LogP contribution in [-0.4, -0.2) is 25.2 Å². The van der Waals surface area contributed by atoms with E-state index in [0.717, 1.165) is 36.0 Å². The maximum absolute atomic E-state index is 13.6. The Balaban J connectivity index is 2.34. The fourth-order valence-electron chi connectivity index (χ4n) is 3.01. The summed E-state index contributed by atoms with van der Waals surface area (Å²) in [6.45, 7) is 6.03. The minimum Gasteiger partial charge on any atom is -0.389 e. The number of pyridine rings is 1. The number of anilines is 1. The summed E-state index contributed by atoms with van der Waals surface area (Å²) in [6.07, 6.45) is 2.84. The van der Waals surface area contributed by atoms with E-state index in [2.05, 4.69) is 16.9 Å². The first-order valence-electron chi connectivity index (χ1n) is 8.26. The number of hydrogen-bond donors (Lipinski definition) is 2. The molecule has 24 heavy (non-hydrogen) atoms. The molecular formula is C18H23FN4O. The molecule has 2 aromatic heterocycles. The number of hydrogen-bond acceptors (Lipinski definition) is 4. The molecule has 6 heteroatoms. The Bertz CT molecular complexity index is 896. The number of halogens is 1. The van der Waals surface area contributed by atoms with E-state index in [0.29, 0.717) is 17.6 Å². The Hall–Kier alpha value is -2.21. The largest absolute Gasteiger partial charge is 0.389 e. The van der Waals surface area contributed by atoms with Crippen LogP contribution in [0.3, 0.4) is 0 Å². The highest BCUT2D eigenvalue weighted by atomic mass is 19.1. The van der Waals surface area contributed by atoms with Gasteiger partial charge in [-0.15, -0.1) is 0 Å². The van der Waals surface area contributed by atoms with Gasteiger partial charge in [-0.1, -0.05) is 13.3 Å². The van der Waals surface area contributed by atoms with Gasteiger partial charge in [-0.25, -0.2) is 14.4 Å². The molecule has 1 aromatic carbocycles. The van der Waals surface area contributed by atoms with E-state index < -0.39 is 5.60 Å². The van der Waals surface area contributed by atoms with Gasteiger partial charge in [0.1, 0.15) is 17.2 Å². The molecule has 0 aliphatic heterocycles. The standard InChI is InChI=1S/C18H23FN4O/c1-4-5-6-14-22-15-16(23(14)10-18(2,3)24)12-8-7-11(19)9-13(12)21-17(15)20/h7-9,24H,4-6,10H2,1-3H3,(H2,20,21). The zero-order valence-corrected chi connectivity index (χ0v) is 14.3. The number of imidazole rings is 1. The number of nitrogens with zero attached hydrogens (tertiary/aromatic N) is 3. The van der Waals surface area contributed by atoms with Crippen molar-refractivity contribution >= 4 is 27.8 Å². The zero-order valence-electron chi connectivity index (χ0n) is 14.3. The van der Waals surface area contributed by atoms with Gasteiger partial charge in [0, 0.05) is 17.9 Å². The Morgan fingerprint density at radius 3 is 2.71 bits per heavy atom. The maximum atomic E-state index is 13.6. The van der Waals surface area contributed by atoms with E-state index in [1.54, 1.807) is 19.9 Å². The Morgan fingerprint density at radius 2 is 2.04 bits per heavy atom. The molecule has 5 nitrogen and oxygen atoms in total. The van der Waals surface area contributed by atoms with Crippen LogP contribution in [0, 0.1) is 5.82 Å². The molecule has 128 valence electrons. The van der Waals surface area contributed by atoms with Crippen molar-refractivity contribution in [2.75, 3.05) is 5.73 Å². The zero-order chi connectivity index (χ0) is 17.5. The lowest BCUT2D eigenvalue weighted by Crippen LogP contribution is -2.27. The highest BCUT2D eigenvalue weighted by Crippen LogP contribution is 2.30. The first kappa shape index (κ1) is 16.6. The second kappa shape index (κ2) is 6.02. The van der Waals surface area contributed by atoms with Gasteiger partial charge in [0.05, 0.1) is 23.2 Å². The summed E-state index contributed by atoms with van der Waals surface area (Å²) in [6, 6.07) is 4.48. The molecule has 2 heterocycles. The molecule has 0 fully saturated rings. The van der Waals surface area contributed by atoms with Gasteiger partial charge >= 0.3 is 0 Å². The van der Waals surface area contributed by atoms with Gasteiger partial charge in [0.25, 0.3) is 0 Å². The third kappa shape index (κ3) is 3.06. The molecule has 0 bridgehead atoms. The van der Waals surface area contributed by atoms with Crippen molar-refractivity contribution in [3.8, 4) is 0 Å². The molecular weight excluding hydrogens is 307 g/mol. The number of aryl methyl sites for hydroxylation is 1. The van der Waals surface area contributed by atoms with Crippen molar-refractivity contribution < 1.29 is 9.50 Å². The summed E-state index contributed by atoms with van der Waals surface area (Å²) in [5.41, 5.74) is 7.10. The highest BCUT2D eigenvalue weighted by Gasteiger charge is 2.22. The fraction of sp³-hybridized carbons (Fsp3) is 0.444. The Labute approximate surface area is 140 Å². The quantitative estimate of drug-likeness (QED) is 0.751. The lowest BCUT2D eigenvalue weighted by atomic mass is 10.1. The van der Waals surface area contributed by atoms with Crippen molar-refractivity contribution in [1.82, 2.24) is 14.5 Å². The van der Waals surface area contributed by atoms with Crippen LogP contribution in [0.25, 0.3) is 21.9 Å². The first-order chi connectivity index (χ1) is 11.3. The number of rotatable bonds is 5. The molecule has 0 aliphatic rings. The van der Waals surface area contributed by atoms with E-state index in [1.165, 1.54) is 12.1 Å². The van der Waals surface area contributed by atoms with Crippen LogP contribution in [-0.2, 0) is 13.0 Å². The number of aliphatic hydroxyl groups is 1. The van der Waals surface area contributed by atoms with E-state index in [1.807, 2.05) is 4.57 Å². The molecule has 0 amide bonds. The Kier molecular flexibility index (Phi) is 4.17. The van der Waals surface area contributed by atoms with Gasteiger partial charge in [-0.05, 0) is 32.4 Å². The number of unbranched alkanes of at least 4 members (excludes halogenated alkanes) is 1. The Morgan fingerprint density at radius 1 is 1.29 bits per heavy atom. The predicted molar refractivity (Wildman–Crippen MR) is 94.3 cm³/mol. The fourth-order valence-corrected chi connectivity index (χ4v) is 3.01. The van der Waals surface area contributed by atoms with Crippen LogP contribution in [0.1, 0.15) is 39.4 Å². The molecule has 0 unspecified atom stereocenters. The minimum atomic E-state index is -0.904. The van der Waals surface area contributed by atoms with E-state index in [9.17, 15) is 9.50 Å². The van der Waals surface area contributed by atoms with Crippen molar-refractivity contribution in [3.05, 3.63) is 29.8 Å². The van der Waals surface area contributed by atoms with Crippen LogP contribution in [0.4, 0.5) is 10.2 Å². The summed E-state index contributed by atoms with van der Waals surface area (Å²) in [7, 11) is 0. The van der Waals surface area contributed by atoms with Crippen LogP contribution < -0.4 is 5.73 Å². The van der Waals surface area contributed by atoms with Crippen molar-refractivity contribution in [2.45, 2.75) is 52.2 Å². The van der Waals surface area contributed by atoms with E-state index in [-0.39, 0.29) is 11.6 Å². The number of fused-ring (bicyclic) bond motifs is 3. The number of nitrogens with two attached hydrogens (primary N) is 1. The topological polar surface area (TPSA) is 77.0 Å². The summed E-state index contributed by atoms with van der Waals surface area (Å²) in [5, 5.41) is 11.1. The second-order valence-electron chi connectivity index (χ2n) is 6.89. The third-order valence-corrected chi connectivity index (χ3v) is 4.04. The van der Waals surface area contributed by atoms with Crippen LogP contribution in [0.2, 0.25) is 0 Å². The molecule has 0 atom stereocenters. The molecule has 0 saturated heterocycles. The van der Waals surface area contributed by atoms with Crippen molar-refractivity contribution in [2.24, 2.45) is 0 Å². The lowest BCUT2D eigenvalue weighted by Gasteiger charge is -2.20. The summed E-state index contributed by atoms with van der Waals surface area (Å²) in [5.74, 6) is 0.808. The lowest BCUT2D eigenvalue weighted by molar-refractivity contribution is 0.0618. The molecule has 0 spiro atoms.